The highest BCUT2D eigenvalue weighted by Gasteiger charge is 1.95. The summed E-state index contributed by atoms with van der Waals surface area (Å²) in [5.74, 6) is -1.99. The molecule has 0 aromatic rings. The Labute approximate surface area is 102 Å². The normalized spacial score (nSPS) is 7.94. The zero-order valence-corrected chi connectivity index (χ0v) is 10.3. The maximum Gasteiger partial charge on any atom is 0.331 e. The minimum atomic E-state index is -1.22. The third-order valence-electron chi connectivity index (χ3n) is 0.698. The number of ether oxygens (including phenoxy) is 1. The van der Waals surface area contributed by atoms with E-state index in [4.69, 9.17) is 10.2 Å². The molecule has 0 heterocycles. The van der Waals surface area contributed by atoms with Crippen LogP contribution < -0.4 is 0 Å². The van der Waals surface area contributed by atoms with Crippen LogP contribution in [0.4, 0.5) is 0 Å². The Hall–Kier alpha value is -1.88. The summed E-state index contributed by atoms with van der Waals surface area (Å²) in [6.45, 7) is 10.1. The molecule has 0 saturated carbocycles. The molecule has 5 heteroatoms. The van der Waals surface area contributed by atoms with Crippen LogP contribution in [0.15, 0.2) is 37.5 Å². The van der Waals surface area contributed by atoms with E-state index in [0.717, 1.165) is 6.08 Å². The van der Waals surface area contributed by atoms with Crippen LogP contribution in [0.25, 0.3) is 0 Å². The highest BCUT2D eigenvalue weighted by atomic mass is 16.5. The number of allylic oxidation sites excluding steroid dienone is 2. The summed E-state index contributed by atoms with van der Waals surface area (Å²) in [5, 5.41) is 16.2. The van der Waals surface area contributed by atoms with Crippen molar-refractivity contribution in [2.24, 2.45) is 0 Å². The summed E-state index contributed by atoms with van der Waals surface area (Å²) in [6.07, 6.45) is 4.94. The number of hydrogen-bond donors (Lipinski definition) is 2. The summed E-state index contributed by atoms with van der Waals surface area (Å²) >= 11 is 0. The summed E-state index contributed by atoms with van der Waals surface area (Å²) in [4.78, 5) is 20.3. The predicted octanol–water partition coefficient (Wildman–Crippen LogP) is 1.55. The monoisotopic (exact) mass is 244 g/mol. The van der Waals surface area contributed by atoms with Gasteiger partial charge in [-0.3, -0.25) is 0 Å². The van der Waals surface area contributed by atoms with Crippen LogP contribution >= 0.6 is 0 Å². The zero-order chi connectivity index (χ0) is 14.1. The van der Waals surface area contributed by atoms with Crippen LogP contribution in [0.1, 0.15) is 13.8 Å². The second kappa shape index (κ2) is 19.7. The van der Waals surface area contributed by atoms with Crippen molar-refractivity contribution in [3.8, 4) is 0 Å². The molecule has 17 heavy (non-hydrogen) atoms. The molecule has 5 nitrogen and oxygen atoms in total. The Balaban J connectivity index is -0.000000273. The van der Waals surface area contributed by atoms with E-state index in [-0.39, 0.29) is 13.2 Å². The standard InChI is InChI=1S/C6H8O5.2C3H6/c7-3-4-11-6(10)2-1-5(8)9;2*1-3-2/h1-2,7H,3-4H2,(H,8,9);2*3H,1H2,2H3/b2-1+;;. The van der Waals surface area contributed by atoms with Crippen molar-refractivity contribution in [2.75, 3.05) is 13.2 Å². The quantitative estimate of drug-likeness (QED) is 0.445. The van der Waals surface area contributed by atoms with Crippen LogP contribution in [0.2, 0.25) is 0 Å². The van der Waals surface area contributed by atoms with Gasteiger partial charge in [0.2, 0.25) is 0 Å². The van der Waals surface area contributed by atoms with Gasteiger partial charge in [0.15, 0.2) is 0 Å². The van der Waals surface area contributed by atoms with Crippen molar-refractivity contribution in [1.29, 1.82) is 0 Å². The van der Waals surface area contributed by atoms with Crippen molar-refractivity contribution in [2.45, 2.75) is 13.8 Å². The summed E-state index contributed by atoms with van der Waals surface area (Å²) < 4.78 is 4.30. The second-order valence-electron chi connectivity index (χ2n) is 2.38. The van der Waals surface area contributed by atoms with Gasteiger partial charge in [-0.1, -0.05) is 12.2 Å². The number of esters is 1. The minimum Gasteiger partial charge on any atom is -0.478 e. The van der Waals surface area contributed by atoms with Gasteiger partial charge < -0.3 is 14.9 Å². The second-order valence-corrected chi connectivity index (χ2v) is 2.38. The molecule has 0 spiro atoms. The molecule has 0 aliphatic carbocycles. The van der Waals surface area contributed by atoms with Crippen LogP contribution in [0.3, 0.4) is 0 Å². The lowest BCUT2D eigenvalue weighted by molar-refractivity contribution is -0.139. The molecule has 0 unspecified atom stereocenters. The predicted molar refractivity (Wildman–Crippen MR) is 66.6 cm³/mol. The van der Waals surface area contributed by atoms with Crippen LogP contribution in [0.5, 0.6) is 0 Å². The third-order valence-corrected chi connectivity index (χ3v) is 0.698. The SMILES string of the molecule is C=CC.C=CC.O=C(O)/C=C/C(=O)OCCO. The van der Waals surface area contributed by atoms with Gasteiger partial charge in [-0.2, -0.15) is 0 Å². The smallest absolute Gasteiger partial charge is 0.331 e. The van der Waals surface area contributed by atoms with Gasteiger partial charge in [-0.25, -0.2) is 9.59 Å². The molecule has 0 rings (SSSR count). The van der Waals surface area contributed by atoms with E-state index >= 15 is 0 Å². The van der Waals surface area contributed by atoms with Gasteiger partial charge in [-0.05, 0) is 13.8 Å². The van der Waals surface area contributed by atoms with E-state index in [9.17, 15) is 9.59 Å². The molecular formula is C12H20O5. The number of hydrogen-bond acceptors (Lipinski definition) is 4. The van der Waals surface area contributed by atoms with Crippen molar-refractivity contribution in [1.82, 2.24) is 0 Å². The fraction of sp³-hybridized carbons (Fsp3) is 0.333. The first-order chi connectivity index (χ1) is 7.99. The molecule has 0 radical (unpaired) electrons. The molecule has 0 amide bonds. The molecule has 0 aromatic heterocycles. The molecule has 98 valence electrons. The van der Waals surface area contributed by atoms with E-state index in [2.05, 4.69) is 17.9 Å². The highest BCUT2D eigenvalue weighted by Crippen LogP contribution is 1.80. The average molecular weight is 244 g/mol. The third kappa shape index (κ3) is 40.9. The number of carboxylic acid groups (broad SMARTS) is 1. The molecule has 0 saturated heterocycles. The van der Waals surface area contributed by atoms with Crippen molar-refractivity contribution >= 4 is 11.9 Å². The first-order valence-corrected chi connectivity index (χ1v) is 4.82. The number of carbonyl (C=O) groups excluding carboxylic acids is 1. The number of aliphatic hydroxyl groups is 1. The zero-order valence-electron chi connectivity index (χ0n) is 10.3. The van der Waals surface area contributed by atoms with Gasteiger partial charge in [0, 0.05) is 12.2 Å². The molecule has 0 aliphatic heterocycles. The Morgan fingerprint density at radius 2 is 1.59 bits per heavy atom. The summed E-state index contributed by atoms with van der Waals surface area (Å²) in [6, 6.07) is 0. The molecule has 0 atom stereocenters. The topological polar surface area (TPSA) is 83.8 Å². The first-order valence-electron chi connectivity index (χ1n) is 4.82. The van der Waals surface area contributed by atoms with E-state index in [1.54, 1.807) is 12.2 Å². The summed E-state index contributed by atoms with van der Waals surface area (Å²) in [7, 11) is 0. The first kappa shape index (κ1) is 20.5. The fourth-order valence-corrected chi connectivity index (χ4v) is 0.334. The largest absolute Gasteiger partial charge is 0.478 e. The van der Waals surface area contributed by atoms with Crippen molar-refractivity contribution < 1.29 is 24.5 Å². The van der Waals surface area contributed by atoms with Gasteiger partial charge in [0.05, 0.1) is 6.61 Å². The fourth-order valence-electron chi connectivity index (χ4n) is 0.334. The average Bonchev–Trinajstić information content (AvgIpc) is 2.25. The Kier molecular flexibility index (Phi) is 23.7. The number of aliphatic carboxylic acids is 1. The molecule has 0 fully saturated rings. The van der Waals surface area contributed by atoms with Crippen molar-refractivity contribution in [3.05, 3.63) is 37.5 Å². The lowest BCUT2D eigenvalue weighted by Gasteiger charge is -1.95. The van der Waals surface area contributed by atoms with E-state index < -0.39 is 11.9 Å². The Morgan fingerprint density at radius 3 is 1.88 bits per heavy atom. The van der Waals surface area contributed by atoms with Crippen molar-refractivity contribution in [3.63, 3.8) is 0 Å². The number of aliphatic hydroxyl groups excluding tert-OH is 1. The molecule has 0 bridgehead atoms. The highest BCUT2D eigenvalue weighted by molar-refractivity contribution is 5.90. The molecule has 0 aliphatic rings. The maximum atomic E-state index is 10.4. The number of carbonyl (C=O) groups is 2. The number of carboxylic acids is 1. The van der Waals surface area contributed by atoms with Gasteiger partial charge in [-0.15, -0.1) is 13.2 Å². The lowest BCUT2D eigenvalue weighted by Crippen LogP contribution is -2.05. The summed E-state index contributed by atoms with van der Waals surface area (Å²) in [5.41, 5.74) is 0. The Morgan fingerprint density at radius 1 is 1.18 bits per heavy atom. The van der Waals surface area contributed by atoms with Gasteiger partial charge >= 0.3 is 11.9 Å². The van der Waals surface area contributed by atoms with Crippen LogP contribution in [-0.4, -0.2) is 35.4 Å². The lowest BCUT2D eigenvalue weighted by atomic mass is 10.5. The van der Waals surface area contributed by atoms with Gasteiger partial charge in [0.25, 0.3) is 0 Å². The number of rotatable bonds is 4. The van der Waals surface area contributed by atoms with Crippen LogP contribution in [0, 0.1) is 0 Å². The van der Waals surface area contributed by atoms with Gasteiger partial charge in [0.1, 0.15) is 6.61 Å². The maximum absolute atomic E-state index is 10.4. The molecule has 2 N–H and O–H groups in total. The van der Waals surface area contributed by atoms with E-state index in [0.29, 0.717) is 6.08 Å². The Bertz CT molecular complexity index is 237. The minimum absolute atomic E-state index is 0.122. The molecule has 0 aromatic carbocycles. The van der Waals surface area contributed by atoms with E-state index in [1.165, 1.54) is 0 Å². The van der Waals surface area contributed by atoms with E-state index in [1.807, 2.05) is 13.8 Å². The molecular weight excluding hydrogens is 224 g/mol. The van der Waals surface area contributed by atoms with Crippen LogP contribution in [-0.2, 0) is 14.3 Å².